The first-order chi connectivity index (χ1) is 11.1. The number of rotatable bonds is 3. The van der Waals surface area contributed by atoms with E-state index in [4.69, 9.17) is 0 Å². The number of aryl methyl sites for hydroxylation is 1. The first-order valence-corrected chi connectivity index (χ1v) is 7.47. The van der Waals surface area contributed by atoms with Gasteiger partial charge in [0.2, 0.25) is 5.91 Å². The minimum absolute atomic E-state index is 0.00943. The van der Waals surface area contributed by atoms with E-state index in [1.165, 1.54) is 0 Å². The van der Waals surface area contributed by atoms with Gasteiger partial charge in [-0.3, -0.25) is 10.1 Å². The van der Waals surface area contributed by atoms with Crippen molar-refractivity contribution in [3.05, 3.63) is 54.2 Å². The fourth-order valence-corrected chi connectivity index (χ4v) is 2.60. The highest BCUT2D eigenvalue weighted by Gasteiger charge is 2.31. The smallest absolute Gasteiger partial charge is 0.320 e. The Morgan fingerprint density at radius 2 is 2.04 bits per heavy atom. The second-order valence-electron chi connectivity index (χ2n) is 5.56. The van der Waals surface area contributed by atoms with Crippen molar-refractivity contribution in [2.24, 2.45) is 0 Å². The van der Waals surface area contributed by atoms with Crippen molar-refractivity contribution in [1.82, 2.24) is 10.3 Å². The van der Waals surface area contributed by atoms with Gasteiger partial charge >= 0.3 is 6.03 Å². The number of nitrogens with zero attached hydrogens (tertiary/aromatic N) is 2. The molecule has 1 aromatic carbocycles. The zero-order chi connectivity index (χ0) is 16.2. The Balaban J connectivity index is 1.59. The summed E-state index contributed by atoms with van der Waals surface area (Å²) in [5.41, 5.74) is 1.86. The third kappa shape index (κ3) is 3.66. The molecule has 118 valence electrons. The topological polar surface area (TPSA) is 74.3 Å². The number of carbonyl (C=O) groups is 2. The van der Waals surface area contributed by atoms with Gasteiger partial charge < -0.3 is 10.2 Å². The summed E-state index contributed by atoms with van der Waals surface area (Å²) >= 11 is 0. The van der Waals surface area contributed by atoms with Crippen molar-refractivity contribution in [2.75, 3.05) is 16.8 Å². The molecular formula is C17H18N4O2. The Kier molecular flexibility index (Phi) is 4.23. The van der Waals surface area contributed by atoms with Gasteiger partial charge in [0.25, 0.3) is 0 Å². The minimum atomic E-state index is -0.351. The maximum Gasteiger partial charge on any atom is 0.320 e. The van der Waals surface area contributed by atoms with Gasteiger partial charge in [0, 0.05) is 24.8 Å². The predicted octanol–water partition coefficient (Wildman–Crippen LogP) is 2.32. The monoisotopic (exact) mass is 310 g/mol. The Morgan fingerprint density at radius 3 is 2.78 bits per heavy atom. The number of nitrogens with one attached hydrogen (secondary N) is 2. The van der Waals surface area contributed by atoms with E-state index in [-0.39, 0.29) is 18.0 Å². The Morgan fingerprint density at radius 1 is 1.26 bits per heavy atom. The van der Waals surface area contributed by atoms with Gasteiger partial charge in [-0.1, -0.05) is 18.2 Å². The van der Waals surface area contributed by atoms with E-state index in [1.54, 1.807) is 17.2 Å². The number of anilines is 2. The quantitative estimate of drug-likeness (QED) is 0.913. The number of carbonyl (C=O) groups excluding carboxylic acids is 2. The van der Waals surface area contributed by atoms with E-state index in [0.717, 1.165) is 11.3 Å². The normalized spacial score (nSPS) is 17.2. The summed E-state index contributed by atoms with van der Waals surface area (Å²) in [7, 11) is 0. The number of benzene rings is 1. The van der Waals surface area contributed by atoms with Crippen LogP contribution in [-0.2, 0) is 4.79 Å². The molecule has 1 unspecified atom stereocenters. The molecule has 6 heteroatoms. The van der Waals surface area contributed by atoms with Crippen LogP contribution in [0.2, 0.25) is 0 Å². The third-order valence-corrected chi connectivity index (χ3v) is 3.69. The molecule has 0 saturated carbocycles. The summed E-state index contributed by atoms with van der Waals surface area (Å²) < 4.78 is 0. The fraction of sp³-hybridized carbons (Fsp3) is 0.235. The van der Waals surface area contributed by atoms with Crippen LogP contribution in [-0.4, -0.2) is 29.5 Å². The molecule has 1 aliphatic rings. The average molecular weight is 310 g/mol. The highest BCUT2D eigenvalue weighted by molar-refractivity contribution is 5.97. The molecule has 1 aliphatic heterocycles. The summed E-state index contributed by atoms with van der Waals surface area (Å²) in [5.74, 6) is 0.502. The highest BCUT2D eigenvalue weighted by Crippen LogP contribution is 2.21. The van der Waals surface area contributed by atoms with Crippen molar-refractivity contribution >= 4 is 23.4 Å². The lowest BCUT2D eigenvalue weighted by molar-refractivity contribution is -0.117. The number of aromatic nitrogens is 1. The van der Waals surface area contributed by atoms with E-state index in [1.807, 2.05) is 43.3 Å². The molecular weight excluding hydrogens is 292 g/mol. The van der Waals surface area contributed by atoms with Crippen molar-refractivity contribution in [1.29, 1.82) is 0 Å². The van der Waals surface area contributed by atoms with E-state index >= 15 is 0 Å². The number of hydrogen-bond donors (Lipinski definition) is 2. The van der Waals surface area contributed by atoms with Gasteiger partial charge in [0.05, 0.1) is 6.04 Å². The molecule has 2 aromatic rings. The molecule has 1 atom stereocenters. The number of para-hydroxylation sites is 1. The number of pyridine rings is 1. The predicted molar refractivity (Wildman–Crippen MR) is 88.3 cm³/mol. The first-order valence-electron chi connectivity index (χ1n) is 7.47. The largest absolute Gasteiger partial charge is 0.333 e. The standard InChI is InChI=1S/C17H18N4O2/c1-12-7-8-18-15(9-12)20-17(23)19-13-10-16(22)21(11-13)14-5-3-2-4-6-14/h2-9,13H,10-11H2,1H3,(H2,18,19,20,23). The zero-order valence-corrected chi connectivity index (χ0v) is 12.8. The number of hydrogen-bond acceptors (Lipinski definition) is 3. The molecule has 6 nitrogen and oxygen atoms in total. The summed E-state index contributed by atoms with van der Waals surface area (Å²) in [5, 5.41) is 5.51. The second-order valence-corrected chi connectivity index (χ2v) is 5.56. The fourth-order valence-electron chi connectivity index (χ4n) is 2.60. The first kappa shape index (κ1) is 15.0. The molecule has 0 aliphatic carbocycles. The maximum atomic E-state index is 12.1. The van der Waals surface area contributed by atoms with Crippen LogP contribution in [0, 0.1) is 6.92 Å². The highest BCUT2D eigenvalue weighted by atomic mass is 16.2. The molecule has 1 aromatic heterocycles. The zero-order valence-electron chi connectivity index (χ0n) is 12.8. The van der Waals surface area contributed by atoms with Crippen LogP contribution >= 0.6 is 0 Å². The van der Waals surface area contributed by atoms with Gasteiger partial charge in [0.15, 0.2) is 0 Å². The van der Waals surface area contributed by atoms with Gasteiger partial charge in [-0.2, -0.15) is 0 Å². The van der Waals surface area contributed by atoms with Crippen LogP contribution in [0.4, 0.5) is 16.3 Å². The van der Waals surface area contributed by atoms with Gasteiger partial charge in [-0.05, 0) is 36.8 Å². The summed E-state index contributed by atoms with van der Waals surface area (Å²) in [6.07, 6.45) is 1.94. The van der Waals surface area contributed by atoms with E-state index < -0.39 is 0 Å². The Bertz CT molecular complexity index is 718. The van der Waals surface area contributed by atoms with Crippen molar-refractivity contribution in [2.45, 2.75) is 19.4 Å². The van der Waals surface area contributed by atoms with Crippen molar-refractivity contribution < 1.29 is 9.59 Å². The van der Waals surface area contributed by atoms with Crippen LogP contribution in [0.5, 0.6) is 0 Å². The molecule has 2 N–H and O–H groups in total. The van der Waals surface area contributed by atoms with Gasteiger partial charge in [0.1, 0.15) is 5.82 Å². The lowest BCUT2D eigenvalue weighted by Crippen LogP contribution is -2.39. The molecule has 0 radical (unpaired) electrons. The minimum Gasteiger partial charge on any atom is -0.333 e. The maximum absolute atomic E-state index is 12.1. The second kappa shape index (κ2) is 6.48. The third-order valence-electron chi connectivity index (χ3n) is 3.69. The lowest BCUT2D eigenvalue weighted by atomic mass is 10.2. The molecule has 23 heavy (non-hydrogen) atoms. The summed E-state index contributed by atoms with van der Waals surface area (Å²) in [4.78, 5) is 29.9. The molecule has 1 fully saturated rings. The van der Waals surface area contributed by atoms with Crippen molar-refractivity contribution in [3.63, 3.8) is 0 Å². The van der Waals surface area contributed by atoms with E-state index in [0.29, 0.717) is 18.8 Å². The molecule has 0 spiro atoms. The average Bonchev–Trinajstić information content (AvgIpc) is 2.88. The number of amides is 3. The number of urea groups is 1. The van der Waals surface area contributed by atoms with Crippen LogP contribution < -0.4 is 15.5 Å². The molecule has 1 saturated heterocycles. The summed E-state index contributed by atoms with van der Waals surface area (Å²) in [6, 6.07) is 12.5. The van der Waals surface area contributed by atoms with Crippen LogP contribution in [0.1, 0.15) is 12.0 Å². The lowest BCUT2D eigenvalue weighted by Gasteiger charge is -2.17. The van der Waals surface area contributed by atoms with Gasteiger partial charge in [-0.25, -0.2) is 9.78 Å². The van der Waals surface area contributed by atoms with Crippen LogP contribution in [0.25, 0.3) is 0 Å². The van der Waals surface area contributed by atoms with Crippen LogP contribution in [0.3, 0.4) is 0 Å². The van der Waals surface area contributed by atoms with E-state index in [9.17, 15) is 9.59 Å². The Hall–Kier alpha value is -2.89. The molecule has 2 heterocycles. The molecule has 3 rings (SSSR count). The molecule has 0 bridgehead atoms. The summed E-state index contributed by atoms with van der Waals surface area (Å²) in [6.45, 7) is 2.40. The Labute approximate surface area is 134 Å². The van der Waals surface area contributed by atoms with Gasteiger partial charge in [-0.15, -0.1) is 0 Å². The molecule has 3 amide bonds. The van der Waals surface area contributed by atoms with Crippen LogP contribution in [0.15, 0.2) is 48.7 Å². The van der Waals surface area contributed by atoms with E-state index in [2.05, 4.69) is 15.6 Å². The SMILES string of the molecule is Cc1ccnc(NC(=O)NC2CC(=O)N(c3ccccc3)C2)c1. The van der Waals surface area contributed by atoms with Crippen molar-refractivity contribution in [3.8, 4) is 0 Å².